The van der Waals surface area contributed by atoms with Crippen LogP contribution in [0.5, 0.6) is 17.2 Å². The van der Waals surface area contributed by atoms with Crippen molar-refractivity contribution in [2.45, 2.75) is 20.1 Å². The van der Waals surface area contributed by atoms with Gasteiger partial charge >= 0.3 is 7.37 Å². The molecule has 4 nitrogen and oxygen atoms in total. The lowest BCUT2D eigenvalue weighted by atomic mass is 10.0. The second-order valence-electron chi connectivity index (χ2n) is 9.79. The number of benzene rings is 5. The van der Waals surface area contributed by atoms with Gasteiger partial charge in [0.1, 0.15) is 30.5 Å². The number of para-hydroxylation sites is 1. The Labute approximate surface area is 235 Å². The Kier molecular flexibility index (Phi) is 7.02. The molecule has 0 saturated heterocycles. The van der Waals surface area contributed by atoms with Crippen molar-refractivity contribution in [2.75, 3.05) is 0 Å². The normalized spacial score (nSPS) is 15.3. The van der Waals surface area contributed by atoms with Gasteiger partial charge in [-0.2, -0.15) is 0 Å². The Morgan fingerprint density at radius 2 is 1.38 bits per heavy atom. The number of hydrogen-bond donors (Lipinski definition) is 0. The van der Waals surface area contributed by atoms with Gasteiger partial charge in [-0.15, -0.1) is 0 Å². The topological polar surface area (TPSA) is 44.8 Å². The summed E-state index contributed by atoms with van der Waals surface area (Å²) in [5.74, 6) is 1.67. The maximum atomic E-state index is 15.0. The summed E-state index contributed by atoms with van der Waals surface area (Å²) in [5, 5.41) is 1.11. The predicted molar refractivity (Wildman–Crippen MR) is 162 cm³/mol. The van der Waals surface area contributed by atoms with Crippen LogP contribution in [0.15, 0.2) is 122 Å². The fraction of sp³-hybridized carbons (Fsp3) is 0.0857. The van der Waals surface area contributed by atoms with Gasteiger partial charge in [-0.05, 0) is 59.5 Å². The lowest BCUT2D eigenvalue weighted by Crippen LogP contribution is -2.26. The Balaban J connectivity index is 1.39. The average Bonchev–Trinajstić information content (AvgIpc) is 3.00. The van der Waals surface area contributed by atoms with E-state index in [4.69, 9.17) is 14.0 Å². The van der Waals surface area contributed by atoms with E-state index in [1.807, 2.05) is 97.1 Å². The van der Waals surface area contributed by atoms with Crippen LogP contribution in [0.25, 0.3) is 17.2 Å². The van der Waals surface area contributed by atoms with Crippen LogP contribution < -0.4 is 24.6 Å². The first-order valence-electron chi connectivity index (χ1n) is 13.2. The number of rotatable bonds is 8. The molecule has 0 N–H and O–H groups in total. The van der Waals surface area contributed by atoms with E-state index >= 15 is 4.57 Å². The quantitative estimate of drug-likeness (QED) is 0.185. The van der Waals surface area contributed by atoms with Crippen LogP contribution in [-0.4, -0.2) is 0 Å². The highest BCUT2D eigenvalue weighted by Gasteiger charge is 2.40. The molecule has 5 aromatic rings. The largest absolute Gasteiger partial charge is 0.489 e. The minimum absolute atomic E-state index is 0.312. The molecule has 0 saturated carbocycles. The first-order valence-corrected chi connectivity index (χ1v) is 14.8. The zero-order valence-corrected chi connectivity index (χ0v) is 23.1. The Bertz CT molecular complexity index is 1720. The minimum atomic E-state index is -3.61. The van der Waals surface area contributed by atoms with Crippen molar-refractivity contribution in [3.63, 3.8) is 0 Å². The van der Waals surface area contributed by atoms with E-state index in [1.165, 1.54) is 5.56 Å². The van der Waals surface area contributed by atoms with Crippen LogP contribution in [0.4, 0.5) is 0 Å². The smallest absolute Gasteiger partial charge is 0.311 e. The summed E-state index contributed by atoms with van der Waals surface area (Å²) in [7, 11) is -3.61. The number of ether oxygens (including phenoxy) is 2. The molecular formula is C35H29O4P. The van der Waals surface area contributed by atoms with E-state index in [9.17, 15) is 0 Å². The van der Waals surface area contributed by atoms with E-state index in [2.05, 4.69) is 25.6 Å². The monoisotopic (exact) mass is 544 g/mol. The fourth-order valence-corrected chi connectivity index (χ4v) is 7.21. The second kappa shape index (κ2) is 10.9. The van der Waals surface area contributed by atoms with Gasteiger partial charge in [0.25, 0.3) is 0 Å². The molecular weight excluding hydrogens is 515 g/mol. The van der Waals surface area contributed by atoms with Crippen LogP contribution in [0, 0.1) is 6.92 Å². The van der Waals surface area contributed by atoms with E-state index in [0.717, 1.165) is 27.8 Å². The summed E-state index contributed by atoms with van der Waals surface area (Å²) in [4.78, 5) is 0. The molecule has 40 heavy (non-hydrogen) atoms. The average molecular weight is 545 g/mol. The molecule has 1 atom stereocenters. The molecule has 0 amide bonds. The zero-order valence-electron chi connectivity index (χ0n) is 22.2. The van der Waals surface area contributed by atoms with Gasteiger partial charge < -0.3 is 14.0 Å². The Morgan fingerprint density at radius 1 is 0.725 bits per heavy atom. The summed E-state index contributed by atoms with van der Waals surface area (Å²) < 4.78 is 33.9. The van der Waals surface area contributed by atoms with Crippen LogP contribution >= 0.6 is 7.37 Å². The highest BCUT2D eigenvalue weighted by molar-refractivity contribution is 7.75. The van der Waals surface area contributed by atoms with Crippen LogP contribution in [0.3, 0.4) is 0 Å². The second-order valence-corrected chi connectivity index (χ2v) is 12.0. The van der Waals surface area contributed by atoms with Gasteiger partial charge in [-0.25, -0.2) is 0 Å². The highest BCUT2D eigenvalue weighted by atomic mass is 31.2. The maximum absolute atomic E-state index is 15.0. The fourth-order valence-electron chi connectivity index (χ4n) is 4.79. The van der Waals surface area contributed by atoms with E-state index in [0.29, 0.717) is 41.1 Å². The van der Waals surface area contributed by atoms with Gasteiger partial charge in [0.2, 0.25) is 0 Å². The Morgan fingerprint density at radius 3 is 2.12 bits per heavy atom. The van der Waals surface area contributed by atoms with Crippen molar-refractivity contribution < 1.29 is 18.6 Å². The van der Waals surface area contributed by atoms with Gasteiger partial charge in [-0.3, -0.25) is 4.57 Å². The molecule has 1 unspecified atom stereocenters. The predicted octanol–water partition coefficient (Wildman–Crippen LogP) is 8.08. The lowest BCUT2D eigenvalue weighted by Gasteiger charge is -2.30. The summed E-state index contributed by atoms with van der Waals surface area (Å²) in [6.45, 7) is 6.58. The molecule has 0 fully saturated rings. The van der Waals surface area contributed by atoms with Crippen molar-refractivity contribution in [1.29, 1.82) is 0 Å². The lowest BCUT2D eigenvalue weighted by molar-refractivity contribution is 0.299. The highest BCUT2D eigenvalue weighted by Crippen LogP contribution is 2.55. The molecule has 0 aliphatic carbocycles. The SMILES string of the molecule is C=Cc1ccc(COc2ccc(OCc3ccc(C)cc3)cc2P2(=O)Oc3ccccc3-c3ccccc32)cc1. The third-order valence-electron chi connectivity index (χ3n) is 7.01. The summed E-state index contributed by atoms with van der Waals surface area (Å²) in [6, 6.07) is 37.1. The van der Waals surface area contributed by atoms with Crippen molar-refractivity contribution in [2.24, 2.45) is 0 Å². The van der Waals surface area contributed by atoms with Gasteiger partial charge in [0.05, 0.1) is 10.6 Å². The molecule has 1 aliphatic rings. The summed E-state index contributed by atoms with van der Waals surface area (Å²) in [6.07, 6.45) is 1.80. The molecule has 5 aromatic carbocycles. The molecule has 1 aliphatic heterocycles. The zero-order chi connectivity index (χ0) is 27.5. The molecule has 198 valence electrons. The van der Waals surface area contributed by atoms with Gasteiger partial charge in [0.15, 0.2) is 0 Å². The third kappa shape index (κ3) is 5.06. The molecule has 0 radical (unpaired) electrons. The standard InChI is InChI=1S/C35H29O4P/c1-3-26-16-18-28(19-17-26)24-38-33-21-20-29(37-23-27-14-12-25(2)13-15-27)22-35(33)40(36)34-11-7-5-9-31(34)30-8-4-6-10-32(30)39-40/h3-22H,1,23-24H2,2H3. The molecule has 6 rings (SSSR count). The number of fused-ring (bicyclic) bond motifs is 3. The maximum Gasteiger partial charge on any atom is 0.311 e. The summed E-state index contributed by atoms with van der Waals surface area (Å²) >= 11 is 0. The van der Waals surface area contributed by atoms with E-state index < -0.39 is 7.37 Å². The van der Waals surface area contributed by atoms with Crippen LogP contribution in [0.2, 0.25) is 0 Å². The van der Waals surface area contributed by atoms with Gasteiger partial charge in [-0.1, -0.05) is 103 Å². The third-order valence-corrected chi connectivity index (χ3v) is 9.47. The van der Waals surface area contributed by atoms with E-state index in [1.54, 1.807) is 12.1 Å². The minimum Gasteiger partial charge on any atom is -0.489 e. The number of aryl methyl sites for hydroxylation is 1. The number of hydrogen-bond acceptors (Lipinski definition) is 4. The van der Waals surface area contributed by atoms with Crippen molar-refractivity contribution in [1.82, 2.24) is 0 Å². The molecule has 0 aromatic heterocycles. The van der Waals surface area contributed by atoms with E-state index in [-0.39, 0.29) is 0 Å². The first kappa shape index (κ1) is 25.7. The molecule has 0 spiro atoms. The van der Waals surface area contributed by atoms with Gasteiger partial charge in [0, 0.05) is 5.56 Å². The van der Waals surface area contributed by atoms with Crippen molar-refractivity contribution in [3.8, 4) is 28.4 Å². The first-order chi connectivity index (χ1) is 19.5. The van der Waals surface area contributed by atoms with Crippen LogP contribution in [-0.2, 0) is 17.8 Å². The van der Waals surface area contributed by atoms with Crippen molar-refractivity contribution in [3.05, 3.63) is 144 Å². The van der Waals surface area contributed by atoms with Crippen LogP contribution in [0.1, 0.15) is 22.3 Å². The molecule has 5 heteroatoms. The van der Waals surface area contributed by atoms with Crippen molar-refractivity contribution >= 4 is 24.1 Å². The molecule has 0 bridgehead atoms. The summed E-state index contributed by atoms with van der Waals surface area (Å²) in [5.41, 5.74) is 6.08. The molecule has 1 heterocycles. The Hall–Kier alpha value is -4.53.